The molecule has 3 aromatic carbocycles. The molecule has 1 atom stereocenters. The lowest BCUT2D eigenvalue weighted by Gasteiger charge is -2.32. The quantitative estimate of drug-likeness (QED) is 0.394. The smallest absolute Gasteiger partial charge is 0.264 e. The number of amides is 1. The molecule has 202 valence electrons. The zero-order valence-corrected chi connectivity index (χ0v) is 22.6. The van der Waals surface area contributed by atoms with Gasteiger partial charge in [0, 0.05) is 25.3 Å². The maximum absolute atomic E-state index is 13.5. The third-order valence-electron chi connectivity index (χ3n) is 6.57. The van der Waals surface area contributed by atoms with Crippen molar-refractivity contribution in [3.63, 3.8) is 0 Å². The number of hydrogen-bond acceptors (Lipinski definition) is 5. The van der Waals surface area contributed by atoms with Crippen LogP contribution in [0.25, 0.3) is 0 Å². The van der Waals surface area contributed by atoms with Gasteiger partial charge >= 0.3 is 0 Å². The molecule has 7 nitrogen and oxygen atoms in total. The van der Waals surface area contributed by atoms with Gasteiger partial charge in [-0.15, -0.1) is 0 Å². The van der Waals surface area contributed by atoms with Gasteiger partial charge in [-0.25, -0.2) is 12.8 Å². The van der Waals surface area contributed by atoms with Gasteiger partial charge in [-0.1, -0.05) is 19.1 Å². The van der Waals surface area contributed by atoms with E-state index >= 15 is 0 Å². The Hall–Kier alpha value is -3.59. The van der Waals surface area contributed by atoms with Gasteiger partial charge < -0.3 is 15.0 Å². The van der Waals surface area contributed by atoms with Crippen LogP contribution in [-0.2, 0) is 21.4 Å². The number of nitrogens with zero attached hydrogens (tertiary/aromatic N) is 2. The molecule has 1 amide bonds. The minimum Gasteiger partial charge on any atom is -0.494 e. The third kappa shape index (κ3) is 6.83. The van der Waals surface area contributed by atoms with E-state index in [0.717, 1.165) is 35.1 Å². The van der Waals surface area contributed by atoms with Gasteiger partial charge in [0.25, 0.3) is 10.0 Å². The van der Waals surface area contributed by atoms with E-state index in [9.17, 15) is 17.6 Å². The number of carbonyl (C=O) groups excluding carboxylic acids is 1. The molecule has 1 unspecified atom stereocenters. The first kappa shape index (κ1) is 27.4. The first-order valence-corrected chi connectivity index (χ1v) is 14.3. The first-order chi connectivity index (χ1) is 18.3. The average Bonchev–Trinajstić information content (AvgIpc) is 2.92. The number of sulfonamides is 1. The molecule has 0 bridgehead atoms. The summed E-state index contributed by atoms with van der Waals surface area (Å²) >= 11 is 0. The zero-order valence-electron chi connectivity index (χ0n) is 21.8. The van der Waals surface area contributed by atoms with Crippen molar-refractivity contribution >= 4 is 27.3 Å². The lowest BCUT2D eigenvalue weighted by Crippen LogP contribution is -2.40. The van der Waals surface area contributed by atoms with E-state index in [2.05, 4.69) is 29.3 Å². The lowest BCUT2D eigenvalue weighted by molar-refractivity contribution is -0.119. The third-order valence-corrected chi connectivity index (χ3v) is 8.36. The van der Waals surface area contributed by atoms with Gasteiger partial charge in [-0.2, -0.15) is 0 Å². The van der Waals surface area contributed by atoms with Crippen molar-refractivity contribution in [1.29, 1.82) is 0 Å². The minimum absolute atomic E-state index is 0.108. The van der Waals surface area contributed by atoms with Crippen molar-refractivity contribution in [2.24, 2.45) is 5.92 Å². The first-order valence-electron chi connectivity index (χ1n) is 12.9. The van der Waals surface area contributed by atoms with Gasteiger partial charge in [0.05, 0.1) is 17.2 Å². The van der Waals surface area contributed by atoms with Crippen molar-refractivity contribution in [1.82, 2.24) is 5.32 Å². The molecule has 0 spiro atoms. The predicted molar refractivity (Wildman–Crippen MR) is 147 cm³/mol. The Morgan fingerprint density at radius 1 is 1.05 bits per heavy atom. The second-order valence-corrected chi connectivity index (χ2v) is 11.4. The van der Waals surface area contributed by atoms with E-state index in [4.69, 9.17) is 4.74 Å². The number of ether oxygens (including phenoxy) is 1. The summed E-state index contributed by atoms with van der Waals surface area (Å²) < 4.78 is 46.8. The number of halogens is 1. The van der Waals surface area contributed by atoms with Crippen molar-refractivity contribution in [3.8, 4) is 5.75 Å². The van der Waals surface area contributed by atoms with Crippen LogP contribution >= 0.6 is 0 Å². The van der Waals surface area contributed by atoms with Gasteiger partial charge in [-0.3, -0.25) is 9.10 Å². The van der Waals surface area contributed by atoms with E-state index < -0.39 is 28.3 Å². The molecule has 3 aromatic rings. The van der Waals surface area contributed by atoms with Gasteiger partial charge in [-0.05, 0) is 91.9 Å². The average molecular weight is 540 g/mol. The Balaban J connectivity index is 1.46. The van der Waals surface area contributed by atoms with Crippen LogP contribution < -0.4 is 19.3 Å². The Morgan fingerprint density at radius 3 is 2.37 bits per heavy atom. The van der Waals surface area contributed by atoms with Gasteiger partial charge in [0.1, 0.15) is 18.1 Å². The molecule has 0 radical (unpaired) electrons. The van der Waals surface area contributed by atoms with E-state index in [1.807, 2.05) is 19.1 Å². The Bertz CT molecular complexity index is 1310. The summed E-state index contributed by atoms with van der Waals surface area (Å²) in [6.45, 7) is 6.51. The summed E-state index contributed by atoms with van der Waals surface area (Å²) in [5, 5.41) is 2.83. The van der Waals surface area contributed by atoms with Crippen molar-refractivity contribution in [2.75, 3.05) is 35.4 Å². The summed E-state index contributed by atoms with van der Waals surface area (Å²) in [6.07, 6.45) is 2.44. The summed E-state index contributed by atoms with van der Waals surface area (Å²) in [6, 6.07) is 19.1. The lowest BCUT2D eigenvalue weighted by atomic mass is 9.99. The van der Waals surface area contributed by atoms with Gasteiger partial charge in [0.2, 0.25) is 5.91 Å². The molecule has 1 aliphatic rings. The summed E-state index contributed by atoms with van der Waals surface area (Å²) in [4.78, 5) is 15.2. The normalized spacial score (nSPS) is 15.7. The molecule has 1 N–H and O–H groups in total. The second-order valence-electron chi connectivity index (χ2n) is 9.53. The fraction of sp³-hybridized carbons (Fsp3) is 0.345. The number of rotatable bonds is 10. The topological polar surface area (TPSA) is 79.0 Å². The number of hydrogen-bond donors (Lipinski definition) is 1. The number of benzene rings is 3. The highest BCUT2D eigenvalue weighted by Gasteiger charge is 2.27. The molecular formula is C29H34FN3O4S. The summed E-state index contributed by atoms with van der Waals surface area (Å²) in [7, 11) is -4.14. The number of carbonyl (C=O) groups is 1. The van der Waals surface area contributed by atoms with Crippen LogP contribution in [0.4, 0.5) is 15.8 Å². The predicted octanol–water partition coefficient (Wildman–Crippen LogP) is 4.97. The second kappa shape index (κ2) is 12.3. The minimum atomic E-state index is -4.14. The molecule has 1 heterocycles. The molecule has 0 aliphatic carbocycles. The maximum Gasteiger partial charge on any atom is 0.264 e. The Labute approximate surface area is 224 Å². The largest absolute Gasteiger partial charge is 0.494 e. The van der Waals surface area contributed by atoms with Crippen LogP contribution in [0.5, 0.6) is 5.75 Å². The maximum atomic E-state index is 13.5. The number of piperidine rings is 1. The SMILES string of the molecule is CCOc1ccc(N(CC(=O)NCc2ccc(N3CCCC(C)C3)cc2)S(=O)(=O)c2ccc(F)cc2)cc1. The summed E-state index contributed by atoms with van der Waals surface area (Å²) in [5.41, 5.74) is 2.38. The van der Waals surface area contributed by atoms with E-state index in [1.54, 1.807) is 24.3 Å². The van der Waals surface area contributed by atoms with Crippen LogP contribution in [0.1, 0.15) is 32.3 Å². The molecule has 1 saturated heterocycles. The van der Waals surface area contributed by atoms with Crippen LogP contribution in [0.3, 0.4) is 0 Å². The van der Waals surface area contributed by atoms with Crippen LogP contribution in [0, 0.1) is 11.7 Å². The Kier molecular flexibility index (Phi) is 8.89. The van der Waals surface area contributed by atoms with E-state index in [1.165, 1.54) is 30.7 Å². The molecule has 0 aromatic heterocycles. The van der Waals surface area contributed by atoms with Crippen LogP contribution in [-0.4, -0.2) is 40.6 Å². The highest BCUT2D eigenvalue weighted by Crippen LogP contribution is 2.26. The highest BCUT2D eigenvalue weighted by atomic mass is 32.2. The molecule has 38 heavy (non-hydrogen) atoms. The van der Waals surface area contributed by atoms with Crippen LogP contribution in [0.15, 0.2) is 77.7 Å². The number of anilines is 2. The standard InChI is InChI=1S/C29H34FN3O4S/c1-3-37-27-14-12-26(13-15-27)33(38(35,36)28-16-8-24(30)9-17-28)21-29(34)31-19-23-6-10-25(11-7-23)32-18-4-5-22(2)20-32/h6-17,22H,3-5,18-21H2,1-2H3,(H,31,34). The van der Waals surface area contributed by atoms with Gasteiger partial charge in [0.15, 0.2) is 0 Å². The van der Waals surface area contributed by atoms with Crippen molar-refractivity contribution in [2.45, 2.75) is 38.1 Å². The summed E-state index contributed by atoms with van der Waals surface area (Å²) in [5.74, 6) is 0.253. The monoisotopic (exact) mass is 539 g/mol. The highest BCUT2D eigenvalue weighted by molar-refractivity contribution is 7.92. The molecule has 4 rings (SSSR count). The van der Waals surface area contributed by atoms with Crippen LogP contribution in [0.2, 0.25) is 0 Å². The van der Waals surface area contributed by atoms with E-state index in [0.29, 0.717) is 24.0 Å². The van der Waals surface area contributed by atoms with Crippen molar-refractivity contribution in [3.05, 3.63) is 84.2 Å². The molecule has 9 heteroatoms. The fourth-order valence-electron chi connectivity index (χ4n) is 4.56. The van der Waals surface area contributed by atoms with E-state index in [-0.39, 0.29) is 11.4 Å². The van der Waals surface area contributed by atoms with Crippen molar-refractivity contribution < 1.29 is 22.3 Å². The zero-order chi connectivity index (χ0) is 27.1. The molecule has 0 saturated carbocycles. The number of nitrogens with one attached hydrogen (secondary N) is 1. The molecular weight excluding hydrogens is 505 g/mol. The fourth-order valence-corrected chi connectivity index (χ4v) is 5.98. The Morgan fingerprint density at radius 2 is 1.74 bits per heavy atom. The molecule has 1 aliphatic heterocycles. The molecule has 1 fully saturated rings.